The SMILES string of the molecule is C=CC(CN)C(C=N)CC. The maximum Gasteiger partial charge on any atom is 0.000731 e. The first kappa shape index (κ1) is 9.37. The zero-order valence-corrected chi connectivity index (χ0v) is 6.51. The van der Waals surface area contributed by atoms with E-state index in [0.29, 0.717) is 6.54 Å². The van der Waals surface area contributed by atoms with Crippen LogP contribution in [0.3, 0.4) is 0 Å². The first-order valence-electron chi connectivity index (χ1n) is 3.63. The Balaban J connectivity index is 3.93. The quantitative estimate of drug-likeness (QED) is 0.440. The van der Waals surface area contributed by atoms with Crippen LogP contribution in [-0.2, 0) is 0 Å². The Bertz CT molecular complexity index is 95.8. The lowest BCUT2D eigenvalue weighted by Crippen LogP contribution is -2.21. The minimum absolute atomic E-state index is 0.280. The van der Waals surface area contributed by atoms with Crippen LogP contribution in [0.2, 0.25) is 0 Å². The van der Waals surface area contributed by atoms with Crippen molar-refractivity contribution in [3.8, 4) is 0 Å². The Morgan fingerprint density at radius 3 is 2.30 bits per heavy atom. The first-order valence-corrected chi connectivity index (χ1v) is 3.63. The smallest absolute Gasteiger partial charge is 0.000731 e. The zero-order chi connectivity index (χ0) is 7.98. The number of nitrogens with two attached hydrogens (primary N) is 1. The molecule has 2 atom stereocenters. The maximum absolute atomic E-state index is 7.07. The predicted molar refractivity (Wildman–Crippen MR) is 45.3 cm³/mol. The van der Waals surface area contributed by atoms with Gasteiger partial charge < -0.3 is 11.1 Å². The average molecular weight is 140 g/mol. The van der Waals surface area contributed by atoms with Crippen molar-refractivity contribution in [2.45, 2.75) is 13.3 Å². The van der Waals surface area contributed by atoms with Gasteiger partial charge in [-0.05, 0) is 25.1 Å². The van der Waals surface area contributed by atoms with Gasteiger partial charge in [-0.25, -0.2) is 0 Å². The van der Waals surface area contributed by atoms with Gasteiger partial charge >= 0.3 is 0 Å². The van der Waals surface area contributed by atoms with Gasteiger partial charge in [0, 0.05) is 5.92 Å². The van der Waals surface area contributed by atoms with Crippen LogP contribution in [0.25, 0.3) is 0 Å². The molecule has 0 saturated carbocycles. The Labute approximate surface area is 62.6 Å². The Hall–Kier alpha value is -0.630. The third kappa shape index (κ3) is 2.31. The molecule has 0 aliphatic heterocycles. The van der Waals surface area contributed by atoms with Gasteiger partial charge in [-0.2, -0.15) is 0 Å². The van der Waals surface area contributed by atoms with E-state index >= 15 is 0 Å². The summed E-state index contributed by atoms with van der Waals surface area (Å²) in [6.07, 6.45) is 4.26. The minimum Gasteiger partial charge on any atom is -0.330 e. The van der Waals surface area contributed by atoms with Gasteiger partial charge in [0.05, 0.1) is 0 Å². The second-order valence-electron chi connectivity index (χ2n) is 2.37. The lowest BCUT2D eigenvalue weighted by atomic mass is 9.91. The Morgan fingerprint density at radius 1 is 1.60 bits per heavy atom. The first-order chi connectivity index (χ1) is 4.79. The fourth-order valence-corrected chi connectivity index (χ4v) is 0.990. The van der Waals surface area contributed by atoms with Crippen LogP contribution < -0.4 is 5.73 Å². The van der Waals surface area contributed by atoms with Crippen LogP contribution in [0.5, 0.6) is 0 Å². The van der Waals surface area contributed by atoms with E-state index in [1.807, 2.05) is 6.08 Å². The van der Waals surface area contributed by atoms with E-state index in [1.165, 1.54) is 6.21 Å². The van der Waals surface area contributed by atoms with Crippen molar-refractivity contribution < 1.29 is 0 Å². The molecular formula is C8H16N2. The van der Waals surface area contributed by atoms with Crippen LogP contribution in [0.15, 0.2) is 12.7 Å². The Kier molecular flexibility index (Phi) is 4.85. The van der Waals surface area contributed by atoms with Crippen molar-refractivity contribution in [2.24, 2.45) is 17.6 Å². The molecule has 0 bridgehead atoms. The molecule has 3 N–H and O–H groups in total. The van der Waals surface area contributed by atoms with Crippen LogP contribution >= 0.6 is 0 Å². The summed E-state index contributed by atoms with van der Waals surface area (Å²) in [4.78, 5) is 0. The molecule has 0 aliphatic carbocycles. The molecule has 2 nitrogen and oxygen atoms in total. The van der Waals surface area contributed by atoms with Crippen LogP contribution in [0.4, 0.5) is 0 Å². The van der Waals surface area contributed by atoms with Crippen molar-refractivity contribution in [1.82, 2.24) is 0 Å². The topological polar surface area (TPSA) is 49.9 Å². The van der Waals surface area contributed by atoms with Gasteiger partial charge in [-0.1, -0.05) is 13.0 Å². The van der Waals surface area contributed by atoms with Gasteiger partial charge in [0.1, 0.15) is 0 Å². The summed E-state index contributed by atoms with van der Waals surface area (Å²) < 4.78 is 0. The summed E-state index contributed by atoms with van der Waals surface area (Å²) in [5, 5.41) is 7.07. The third-order valence-corrected chi connectivity index (χ3v) is 1.81. The molecule has 0 aromatic heterocycles. The highest BCUT2D eigenvalue weighted by Crippen LogP contribution is 2.12. The van der Waals surface area contributed by atoms with E-state index in [0.717, 1.165) is 6.42 Å². The van der Waals surface area contributed by atoms with Gasteiger partial charge in [-0.3, -0.25) is 0 Å². The molecule has 2 unspecified atom stereocenters. The van der Waals surface area contributed by atoms with Gasteiger partial charge in [0.2, 0.25) is 0 Å². The Morgan fingerprint density at radius 2 is 2.20 bits per heavy atom. The molecule has 0 aromatic carbocycles. The molecule has 0 amide bonds. The van der Waals surface area contributed by atoms with Crippen LogP contribution in [0.1, 0.15) is 13.3 Å². The second kappa shape index (κ2) is 5.18. The lowest BCUT2D eigenvalue weighted by molar-refractivity contribution is 0.505. The summed E-state index contributed by atoms with van der Waals surface area (Å²) in [6.45, 7) is 6.32. The highest BCUT2D eigenvalue weighted by molar-refractivity contribution is 5.57. The molecule has 0 rings (SSSR count). The number of rotatable bonds is 5. The number of nitrogens with one attached hydrogen (secondary N) is 1. The molecule has 58 valence electrons. The maximum atomic E-state index is 7.07. The van der Waals surface area contributed by atoms with Crippen LogP contribution in [0, 0.1) is 17.2 Å². The van der Waals surface area contributed by atoms with E-state index in [9.17, 15) is 0 Å². The standard InChI is InChI=1S/C8H16N2/c1-3-7(5-9)8(4-2)6-10/h3,6-8,10H,1,4-5,9H2,2H3. The van der Waals surface area contributed by atoms with Crippen molar-refractivity contribution in [3.63, 3.8) is 0 Å². The molecule has 10 heavy (non-hydrogen) atoms. The molecule has 0 saturated heterocycles. The van der Waals surface area contributed by atoms with Gasteiger partial charge in [-0.15, -0.1) is 6.58 Å². The lowest BCUT2D eigenvalue weighted by Gasteiger charge is -2.16. The summed E-state index contributed by atoms with van der Waals surface area (Å²) in [7, 11) is 0. The zero-order valence-electron chi connectivity index (χ0n) is 6.51. The van der Waals surface area contributed by atoms with E-state index in [-0.39, 0.29) is 11.8 Å². The minimum atomic E-state index is 0.280. The summed E-state index contributed by atoms with van der Waals surface area (Å²) in [6, 6.07) is 0. The molecule has 0 aromatic rings. The second-order valence-corrected chi connectivity index (χ2v) is 2.37. The van der Waals surface area contributed by atoms with Crippen molar-refractivity contribution in [1.29, 1.82) is 5.41 Å². The molecule has 2 heteroatoms. The van der Waals surface area contributed by atoms with Crippen molar-refractivity contribution in [3.05, 3.63) is 12.7 Å². The molecule has 0 heterocycles. The van der Waals surface area contributed by atoms with Crippen LogP contribution in [-0.4, -0.2) is 12.8 Å². The molecule has 0 spiro atoms. The molecular weight excluding hydrogens is 124 g/mol. The monoisotopic (exact) mass is 140 g/mol. The van der Waals surface area contributed by atoms with E-state index in [1.54, 1.807) is 0 Å². The van der Waals surface area contributed by atoms with Gasteiger partial charge in [0.15, 0.2) is 0 Å². The fraction of sp³-hybridized carbons (Fsp3) is 0.625. The molecule has 0 fully saturated rings. The summed E-state index contributed by atoms with van der Waals surface area (Å²) in [5.41, 5.74) is 5.46. The van der Waals surface area contributed by atoms with E-state index < -0.39 is 0 Å². The summed E-state index contributed by atoms with van der Waals surface area (Å²) >= 11 is 0. The fourth-order valence-electron chi connectivity index (χ4n) is 0.990. The summed E-state index contributed by atoms with van der Waals surface area (Å²) in [5.74, 6) is 0.560. The largest absolute Gasteiger partial charge is 0.330 e. The van der Waals surface area contributed by atoms with E-state index in [2.05, 4.69) is 13.5 Å². The third-order valence-electron chi connectivity index (χ3n) is 1.81. The highest BCUT2D eigenvalue weighted by atomic mass is 14.6. The normalized spacial score (nSPS) is 15.8. The number of hydrogen-bond acceptors (Lipinski definition) is 2. The predicted octanol–water partition coefficient (Wildman–Crippen LogP) is 1.42. The molecule has 0 radical (unpaired) electrons. The average Bonchev–Trinajstić information content (AvgIpc) is 2.00. The van der Waals surface area contributed by atoms with E-state index in [4.69, 9.17) is 11.1 Å². The highest BCUT2D eigenvalue weighted by Gasteiger charge is 2.11. The van der Waals surface area contributed by atoms with Gasteiger partial charge in [0.25, 0.3) is 0 Å². The number of hydrogen-bond donors (Lipinski definition) is 2. The van der Waals surface area contributed by atoms with Crippen molar-refractivity contribution >= 4 is 6.21 Å². The van der Waals surface area contributed by atoms with Crippen molar-refractivity contribution in [2.75, 3.05) is 6.54 Å². The molecule has 0 aliphatic rings.